The van der Waals surface area contributed by atoms with E-state index in [9.17, 15) is 4.79 Å². The molecule has 3 aromatic rings. The molecule has 1 atom stereocenters. The number of aromatic nitrogens is 4. The van der Waals surface area contributed by atoms with Crippen molar-refractivity contribution in [3.8, 4) is 11.5 Å². The van der Waals surface area contributed by atoms with Crippen LogP contribution >= 0.6 is 0 Å². The van der Waals surface area contributed by atoms with Gasteiger partial charge < -0.3 is 19.4 Å². The molecule has 2 saturated heterocycles. The van der Waals surface area contributed by atoms with Gasteiger partial charge in [-0.2, -0.15) is 0 Å². The van der Waals surface area contributed by atoms with Crippen molar-refractivity contribution in [1.29, 1.82) is 0 Å². The Labute approximate surface area is 181 Å². The number of carbonyl (C=O) groups excluding carboxylic acids is 1. The van der Waals surface area contributed by atoms with Gasteiger partial charge in [0.15, 0.2) is 11.5 Å². The van der Waals surface area contributed by atoms with Crippen LogP contribution in [0, 0.1) is 0 Å². The first-order chi connectivity index (χ1) is 15.3. The summed E-state index contributed by atoms with van der Waals surface area (Å²) >= 11 is 0. The SMILES string of the molecule is O=C(NCCN1CCOCC1)c1nc(-c2cn(CC3CCCO3)cn2)n2ccccc12. The molecule has 2 aliphatic heterocycles. The van der Waals surface area contributed by atoms with Gasteiger partial charge in [0.25, 0.3) is 5.91 Å². The smallest absolute Gasteiger partial charge is 0.272 e. The second-order valence-electron chi connectivity index (χ2n) is 8.04. The van der Waals surface area contributed by atoms with Crippen LogP contribution in [0.2, 0.25) is 0 Å². The van der Waals surface area contributed by atoms with Crippen LogP contribution in [0.5, 0.6) is 0 Å². The number of amides is 1. The maximum atomic E-state index is 12.9. The van der Waals surface area contributed by atoms with Gasteiger partial charge in [0.05, 0.1) is 31.2 Å². The molecule has 31 heavy (non-hydrogen) atoms. The van der Waals surface area contributed by atoms with Crippen LogP contribution in [0.1, 0.15) is 23.3 Å². The van der Waals surface area contributed by atoms with Gasteiger partial charge in [0.2, 0.25) is 0 Å². The van der Waals surface area contributed by atoms with Crippen LogP contribution in [-0.2, 0) is 16.0 Å². The van der Waals surface area contributed by atoms with E-state index in [1.807, 2.05) is 45.9 Å². The average molecular weight is 425 g/mol. The van der Waals surface area contributed by atoms with Gasteiger partial charge in [-0.25, -0.2) is 9.97 Å². The number of carbonyl (C=O) groups is 1. The third kappa shape index (κ3) is 4.48. The van der Waals surface area contributed by atoms with Crippen LogP contribution < -0.4 is 5.32 Å². The fraction of sp³-hybridized carbons (Fsp3) is 0.500. The number of ether oxygens (including phenoxy) is 2. The van der Waals surface area contributed by atoms with E-state index in [-0.39, 0.29) is 12.0 Å². The summed E-state index contributed by atoms with van der Waals surface area (Å²) in [5.41, 5.74) is 1.94. The fourth-order valence-electron chi connectivity index (χ4n) is 4.22. The third-order valence-electron chi connectivity index (χ3n) is 5.88. The van der Waals surface area contributed by atoms with Crippen LogP contribution in [0.3, 0.4) is 0 Å². The summed E-state index contributed by atoms with van der Waals surface area (Å²) in [6.07, 6.45) is 8.14. The summed E-state index contributed by atoms with van der Waals surface area (Å²) in [7, 11) is 0. The predicted molar refractivity (Wildman–Crippen MR) is 115 cm³/mol. The molecular weight excluding hydrogens is 396 g/mol. The largest absolute Gasteiger partial charge is 0.379 e. The first kappa shape index (κ1) is 20.2. The highest BCUT2D eigenvalue weighted by Gasteiger charge is 2.21. The fourth-order valence-corrected chi connectivity index (χ4v) is 4.22. The minimum absolute atomic E-state index is 0.165. The predicted octanol–water partition coefficient (Wildman–Crippen LogP) is 1.44. The molecule has 0 saturated carbocycles. The second kappa shape index (κ2) is 9.17. The summed E-state index contributed by atoms with van der Waals surface area (Å²) in [6, 6.07) is 5.76. The lowest BCUT2D eigenvalue weighted by atomic mass is 10.2. The molecule has 0 bridgehead atoms. The minimum atomic E-state index is -0.165. The van der Waals surface area contributed by atoms with E-state index >= 15 is 0 Å². The van der Waals surface area contributed by atoms with Crippen molar-refractivity contribution in [3.05, 3.63) is 42.6 Å². The van der Waals surface area contributed by atoms with Crippen LogP contribution in [0.4, 0.5) is 0 Å². The number of nitrogens with one attached hydrogen (secondary N) is 1. The highest BCUT2D eigenvalue weighted by molar-refractivity contribution is 5.99. The van der Waals surface area contributed by atoms with Gasteiger partial charge in [-0.1, -0.05) is 6.07 Å². The van der Waals surface area contributed by atoms with Crippen LogP contribution in [-0.4, -0.2) is 81.8 Å². The number of rotatable bonds is 7. The molecule has 0 radical (unpaired) electrons. The zero-order valence-corrected chi connectivity index (χ0v) is 17.6. The van der Waals surface area contributed by atoms with Crippen LogP contribution in [0.25, 0.3) is 17.0 Å². The van der Waals surface area contributed by atoms with Gasteiger partial charge in [-0.3, -0.25) is 14.1 Å². The molecule has 9 nitrogen and oxygen atoms in total. The molecule has 1 amide bonds. The molecule has 2 aliphatic rings. The number of hydrogen-bond acceptors (Lipinski definition) is 6. The lowest BCUT2D eigenvalue weighted by Crippen LogP contribution is -2.41. The second-order valence-corrected chi connectivity index (χ2v) is 8.04. The van der Waals surface area contributed by atoms with E-state index in [1.54, 1.807) is 0 Å². The summed E-state index contributed by atoms with van der Waals surface area (Å²) in [5, 5.41) is 3.02. The lowest BCUT2D eigenvalue weighted by molar-refractivity contribution is 0.0383. The van der Waals surface area contributed by atoms with Crippen molar-refractivity contribution in [3.63, 3.8) is 0 Å². The monoisotopic (exact) mass is 424 g/mol. The van der Waals surface area contributed by atoms with Crippen molar-refractivity contribution < 1.29 is 14.3 Å². The Kier molecular flexibility index (Phi) is 5.97. The zero-order chi connectivity index (χ0) is 21.0. The Balaban J connectivity index is 1.32. The maximum Gasteiger partial charge on any atom is 0.272 e. The summed E-state index contributed by atoms with van der Waals surface area (Å²) in [4.78, 5) is 24.4. The van der Waals surface area contributed by atoms with E-state index < -0.39 is 0 Å². The third-order valence-corrected chi connectivity index (χ3v) is 5.88. The van der Waals surface area contributed by atoms with Crippen molar-refractivity contribution >= 4 is 11.4 Å². The van der Waals surface area contributed by atoms with E-state index in [4.69, 9.17) is 9.47 Å². The van der Waals surface area contributed by atoms with Crippen molar-refractivity contribution in [2.45, 2.75) is 25.5 Å². The standard InChI is InChI=1S/C22H28N6O3/c29-22(23-6-8-26-9-12-30-13-10-26)20-19-5-1-2-7-28(19)21(25-20)18-15-27(16-24-18)14-17-4-3-11-31-17/h1-2,5,7,15-17H,3-4,6,8-14H2,(H,23,29). The van der Waals surface area contributed by atoms with Crippen molar-refractivity contribution in [2.75, 3.05) is 46.0 Å². The Morgan fingerprint density at radius 3 is 2.97 bits per heavy atom. The number of morpholine rings is 1. The topological polar surface area (TPSA) is 85.9 Å². The van der Waals surface area contributed by atoms with E-state index in [2.05, 4.69) is 20.2 Å². The Morgan fingerprint density at radius 2 is 2.13 bits per heavy atom. The molecule has 5 rings (SSSR count). The number of fused-ring (bicyclic) bond motifs is 1. The first-order valence-corrected chi connectivity index (χ1v) is 11.0. The molecule has 164 valence electrons. The molecule has 1 unspecified atom stereocenters. The van der Waals surface area contributed by atoms with E-state index in [1.165, 1.54) is 0 Å². The van der Waals surface area contributed by atoms with Crippen LogP contribution in [0.15, 0.2) is 36.9 Å². The number of nitrogens with zero attached hydrogens (tertiary/aromatic N) is 5. The molecule has 5 heterocycles. The molecule has 9 heteroatoms. The number of pyridine rings is 1. The Bertz CT molecular complexity index is 1030. The van der Waals surface area contributed by atoms with E-state index in [0.29, 0.717) is 18.1 Å². The van der Waals surface area contributed by atoms with Gasteiger partial charge >= 0.3 is 0 Å². The summed E-state index contributed by atoms with van der Waals surface area (Å²) in [5.74, 6) is 0.502. The summed E-state index contributed by atoms with van der Waals surface area (Å²) in [6.45, 7) is 6.32. The molecular formula is C22H28N6O3. The Morgan fingerprint density at radius 1 is 1.23 bits per heavy atom. The van der Waals surface area contributed by atoms with Gasteiger partial charge in [-0.15, -0.1) is 0 Å². The Hall–Kier alpha value is -2.75. The molecule has 0 aliphatic carbocycles. The highest BCUT2D eigenvalue weighted by atomic mass is 16.5. The molecule has 1 N–H and O–H groups in total. The van der Waals surface area contributed by atoms with Crippen molar-refractivity contribution in [2.24, 2.45) is 0 Å². The summed E-state index contributed by atoms with van der Waals surface area (Å²) < 4.78 is 15.1. The first-order valence-electron chi connectivity index (χ1n) is 11.0. The minimum Gasteiger partial charge on any atom is -0.379 e. The van der Waals surface area contributed by atoms with Gasteiger partial charge in [0, 0.05) is 51.7 Å². The number of hydrogen-bond donors (Lipinski definition) is 1. The maximum absolute atomic E-state index is 12.9. The highest BCUT2D eigenvalue weighted by Crippen LogP contribution is 2.22. The van der Waals surface area contributed by atoms with E-state index in [0.717, 1.165) is 70.1 Å². The zero-order valence-electron chi connectivity index (χ0n) is 17.6. The lowest BCUT2D eigenvalue weighted by Gasteiger charge is -2.26. The molecule has 0 aromatic carbocycles. The normalized spacial score (nSPS) is 19.8. The van der Waals surface area contributed by atoms with Gasteiger partial charge in [0.1, 0.15) is 5.69 Å². The quantitative estimate of drug-likeness (QED) is 0.618. The molecule has 2 fully saturated rings. The number of imidazole rings is 2. The molecule has 3 aromatic heterocycles. The van der Waals surface area contributed by atoms with Crippen molar-refractivity contribution in [1.82, 2.24) is 29.2 Å². The average Bonchev–Trinajstić information content (AvgIpc) is 3.55. The van der Waals surface area contributed by atoms with Gasteiger partial charge in [-0.05, 0) is 25.0 Å². The molecule has 0 spiro atoms.